The van der Waals surface area contributed by atoms with Crippen LogP contribution in [0.25, 0.3) is 0 Å². The minimum atomic E-state index is 0. The molecule has 0 aromatic heterocycles. The van der Waals surface area contributed by atoms with Crippen LogP contribution in [-0.2, 0) is 34.4 Å². The molecule has 0 unspecified atom stereocenters. The fourth-order valence-corrected chi connectivity index (χ4v) is 0. The average molecular weight is 140 g/mol. The molecule has 0 spiro atoms. The van der Waals surface area contributed by atoms with Gasteiger partial charge in [0, 0.05) is 34.4 Å². The van der Waals surface area contributed by atoms with Gasteiger partial charge in [-0.05, 0) is 0 Å². The van der Waals surface area contributed by atoms with Crippen molar-refractivity contribution in [2.45, 2.75) is 7.43 Å². The predicted octanol–water partition coefficient (Wildman–Crippen LogP) is 0.793. The summed E-state index contributed by atoms with van der Waals surface area (Å²) < 4.78 is 0. The van der Waals surface area contributed by atoms with Crippen molar-refractivity contribution in [3.8, 4) is 0 Å². The van der Waals surface area contributed by atoms with Gasteiger partial charge in [-0.2, -0.15) is 0 Å². The van der Waals surface area contributed by atoms with E-state index in [4.69, 9.17) is 0 Å². The van der Waals surface area contributed by atoms with E-state index in [0.717, 1.165) is 0 Å². The third kappa shape index (κ3) is 11.9. The van der Waals surface area contributed by atoms with E-state index in [1.807, 2.05) is 0 Å². The number of hydrogen-bond acceptors (Lipinski definition) is 1. The van der Waals surface area contributed by atoms with Gasteiger partial charge in [-0.15, -0.1) is 0 Å². The smallest absolute Gasteiger partial charge is 0 e. The molecule has 0 bridgehead atoms. The van der Waals surface area contributed by atoms with Crippen molar-refractivity contribution in [2.75, 3.05) is 0 Å². The average Bonchev–Trinajstić information content (AvgIpc) is 0. The minimum absolute atomic E-state index is 0. The monoisotopic (exact) mass is 140 g/mol. The molecule has 4 heavy (non-hydrogen) atoms. The fraction of sp³-hybridized carbons (Fsp3) is 1.00. The van der Waals surface area contributed by atoms with Crippen LogP contribution >= 0.6 is 0 Å². The molecule has 0 aliphatic heterocycles. The van der Waals surface area contributed by atoms with E-state index < -0.39 is 0 Å². The maximum absolute atomic E-state index is 0. The second-order valence-corrected chi connectivity index (χ2v) is 0. The number of rotatable bonds is 0. The second kappa shape index (κ2) is 35.5. The predicted molar refractivity (Wildman–Crippen MR) is 11.8 cm³/mol. The Balaban J connectivity index is 0. The first-order valence-corrected chi connectivity index (χ1v) is 0. The molecule has 0 amide bonds. The Morgan fingerprint density at radius 1 is 1.00 bits per heavy atom. The first-order chi connectivity index (χ1) is 0. The van der Waals surface area contributed by atoms with Crippen molar-refractivity contribution in [3.05, 3.63) is 0 Å². The van der Waals surface area contributed by atoms with Crippen molar-refractivity contribution in [2.24, 2.45) is 0 Å². The van der Waals surface area contributed by atoms with E-state index in [2.05, 4.69) is 0 Å². The Hall–Kier alpha value is 1.01. The molecule has 3 heteroatoms. The Bertz CT molecular complexity index is 8.00. The third-order valence-corrected chi connectivity index (χ3v) is 0. The molecule has 0 saturated carbocycles. The Labute approximate surface area is 48.3 Å². The topological polar surface area (TPSA) is 35.0 Å². The first-order valence-electron chi connectivity index (χ1n) is 0. The van der Waals surface area contributed by atoms with Crippen molar-refractivity contribution in [1.82, 2.24) is 6.15 Å². The molecule has 1 nitrogen and oxygen atoms in total. The largest absolute Gasteiger partial charge is 0.344 e. The molecule has 0 aromatic carbocycles. The summed E-state index contributed by atoms with van der Waals surface area (Å²) >= 11 is 0. The Morgan fingerprint density at radius 2 is 1.00 bits per heavy atom. The van der Waals surface area contributed by atoms with Crippen LogP contribution in [0.5, 0.6) is 0 Å². The quantitative estimate of drug-likeness (QED) is 0.496. The molecule has 0 atom stereocenters. The van der Waals surface area contributed by atoms with Gasteiger partial charge in [0.2, 0.25) is 0 Å². The molecule has 0 aromatic rings. The SMILES string of the molecule is C.N.[Cr].[Mn]. The van der Waals surface area contributed by atoms with Crippen LogP contribution in [0.1, 0.15) is 7.43 Å². The van der Waals surface area contributed by atoms with Crippen LogP contribution in [0.3, 0.4) is 0 Å². The summed E-state index contributed by atoms with van der Waals surface area (Å²) in [6.45, 7) is 0. The Morgan fingerprint density at radius 3 is 1.00 bits per heavy atom. The van der Waals surface area contributed by atoms with Gasteiger partial charge in [-0.1, -0.05) is 7.43 Å². The molecule has 0 aliphatic rings. The van der Waals surface area contributed by atoms with Gasteiger partial charge in [0.1, 0.15) is 0 Å². The van der Waals surface area contributed by atoms with Gasteiger partial charge < -0.3 is 6.15 Å². The zero-order chi connectivity index (χ0) is 0. The van der Waals surface area contributed by atoms with E-state index >= 15 is 0 Å². The van der Waals surface area contributed by atoms with Crippen molar-refractivity contribution >= 4 is 0 Å². The fourth-order valence-electron chi connectivity index (χ4n) is 0. The van der Waals surface area contributed by atoms with Crippen LogP contribution in [0.15, 0.2) is 0 Å². The van der Waals surface area contributed by atoms with Crippen molar-refractivity contribution in [1.29, 1.82) is 0 Å². The summed E-state index contributed by atoms with van der Waals surface area (Å²) in [5.41, 5.74) is 0. The van der Waals surface area contributed by atoms with Crippen LogP contribution in [-0.4, -0.2) is 0 Å². The van der Waals surface area contributed by atoms with Crippen LogP contribution in [0.4, 0.5) is 0 Å². The summed E-state index contributed by atoms with van der Waals surface area (Å²) in [4.78, 5) is 0. The zero-order valence-electron chi connectivity index (χ0n) is 1.49. The zero-order valence-corrected chi connectivity index (χ0v) is 3.95. The van der Waals surface area contributed by atoms with Gasteiger partial charge in [-0.3, -0.25) is 0 Å². The van der Waals surface area contributed by atoms with E-state index in [0.29, 0.717) is 0 Å². The van der Waals surface area contributed by atoms with E-state index in [9.17, 15) is 0 Å². The summed E-state index contributed by atoms with van der Waals surface area (Å²) in [6, 6.07) is 0. The molecule has 1 radical (unpaired) electrons. The molecule has 3 N–H and O–H groups in total. The Kier molecular flexibility index (Phi) is 700. The maximum atomic E-state index is 0. The molecule has 0 heterocycles. The maximum Gasteiger partial charge on any atom is 0 e. The second-order valence-electron chi connectivity index (χ2n) is 0. The van der Waals surface area contributed by atoms with Gasteiger partial charge in [-0.25, -0.2) is 0 Å². The van der Waals surface area contributed by atoms with Gasteiger partial charge >= 0.3 is 0 Å². The van der Waals surface area contributed by atoms with Gasteiger partial charge in [0.25, 0.3) is 0 Å². The van der Waals surface area contributed by atoms with E-state index in [1.54, 1.807) is 0 Å². The van der Waals surface area contributed by atoms with Crippen LogP contribution < -0.4 is 6.15 Å². The first kappa shape index (κ1) is 78.8. The molecule has 0 aliphatic carbocycles. The van der Waals surface area contributed by atoms with E-state index in [1.165, 1.54) is 0 Å². The minimum Gasteiger partial charge on any atom is -0.344 e. The summed E-state index contributed by atoms with van der Waals surface area (Å²) in [6.07, 6.45) is 0. The van der Waals surface area contributed by atoms with Crippen LogP contribution in [0.2, 0.25) is 0 Å². The van der Waals surface area contributed by atoms with Crippen LogP contribution in [0, 0.1) is 0 Å². The van der Waals surface area contributed by atoms with Gasteiger partial charge in [0.15, 0.2) is 0 Å². The molecular weight excluding hydrogens is 133 g/mol. The van der Waals surface area contributed by atoms with Crippen molar-refractivity contribution in [3.63, 3.8) is 0 Å². The normalized spacial score (nSPS) is 0. The molecule has 0 saturated heterocycles. The molecule has 29 valence electrons. The standard InChI is InChI=1S/CH4.Cr.Mn.H3N/h1H4;;;1H3. The molecule has 0 rings (SSSR count). The summed E-state index contributed by atoms with van der Waals surface area (Å²) in [5, 5.41) is 0. The number of hydrogen-bond donors (Lipinski definition) is 1. The summed E-state index contributed by atoms with van der Waals surface area (Å²) in [5.74, 6) is 0. The van der Waals surface area contributed by atoms with Gasteiger partial charge in [0.05, 0.1) is 0 Å². The van der Waals surface area contributed by atoms with Crippen molar-refractivity contribution < 1.29 is 34.4 Å². The third-order valence-electron chi connectivity index (χ3n) is 0. The van der Waals surface area contributed by atoms with E-state index in [-0.39, 0.29) is 48.0 Å². The summed E-state index contributed by atoms with van der Waals surface area (Å²) in [7, 11) is 0. The molecule has 0 fully saturated rings. The molecular formula is CH7CrMnN.